The van der Waals surface area contributed by atoms with Gasteiger partial charge in [0.25, 0.3) is 5.91 Å². The van der Waals surface area contributed by atoms with Gasteiger partial charge in [-0.05, 0) is 24.7 Å². The lowest BCUT2D eigenvalue weighted by Gasteiger charge is -2.48. The van der Waals surface area contributed by atoms with E-state index in [1.54, 1.807) is 7.05 Å². The van der Waals surface area contributed by atoms with Gasteiger partial charge in [-0.1, -0.05) is 25.7 Å². The third-order valence-corrected chi connectivity index (χ3v) is 6.56. The number of imidazole rings is 1. The van der Waals surface area contributed by atoms with Crippen LogP contribution in [0, 0.1) is 23.7 Å². The Hall–Kier alpha value is -2.05. The SMILES string of the molecule is Cn1cc(C(=O)NCC2CN(C(=O)[C@@H]3C[C@@H]4CCCCC[C@@H]43)C2)[nH]c1=O. The Morgan fingerprint density at radius 3 is 2.73 bits per heavy atom. The van der Waals surface area contributed by atoms with Crippen molar-refractivity contribution in [3.8, 4) is 0 Å². The predicted octanol–water partition coefficient (Wildman–Crippen LogP) is 1.12. The van der Waals surface area contributed by atoms with E-state index in [4.69, 9.17) is 0 Å². The maximum absolute atomic E-state index is 12.7. The second-order valence-electron chi connectivity index (χ2n) is 8.31. The lowest BCUT2D eigenvalue weighted by molar-refractivity contribution is -0.151. The minimum Gasteiger partial charge on any atom is -0.350 e. The number of nitrogens with one attached hydrogen (secondary N) is 2. The van der Waals surface area contributed by atoms with Crippen molar-refractivity contribution in [1.82, 2.24) is 19.8 Å². The zero-order valence-corrected chi connectivity index (χ0v) is 15.4. The summed E-state index contributed by atoms with van der Waals surface area (Å²) in [5, 5.41) is 2.85. The van der Waals surface area contributed by atoms with Gasteiger partial charge in [-0.15, -0.1) is 0 Å². The molecule has 0 bridgehead atoms. The molecule has 3 atom stereocenters. The monoisotopic (exact) mass is 360 g/mol. The van der Waals surface area contributed by atoms with E-state index in [0.717, 1.165) is 25.4 Å². The number of aromatic amines is 1. The average molecular weight is 360 g/mol. The second kappa shape index (κ2) is 6.93. The molecule has 26 heavy (non-hydrogen) atoms. The summed E-state index contributed by atoms with van der Waals surface area (Å²) in [4.78, 5) is 40.6. The maximum atomic E-state index is 12.7. The van der Waals surface area contributed by atoms with Gasteiger partial charge in [-0.3, -0.25) is 9.59 Å². The van der Waals surface area contributed by atoms with Crippen molar-refractivity contribution in [1.29, 1.82) is 0 Å². The van der Waals surface area contributed by atoms with E-state index in [1.807, 2.05) is 4.90 Å². The summed E-state index contributed by atoms with van der Waals surface area (Å²) in [6.45, 7) is 2.01. The number of carbonyl (C=O) groups excluding carboxylic acids is 2. The van der Waals surface area contributed by atoms with Gasteiger partial charge in [0.15, 0.2) is 0 Å². The zero-order valence-electron chi connectivity index (χ0n) is 15.4. The fourth-order valence-electron chi connectivity index (χ4n) is 4.87. The highest BCUT2D eigenvalue weighted by Gasteiger charge is 2.47. The molecule has 7 nitrogen and oxygen atoms in total. The third kappa shape index (κ3) is 3.19. The summed E-state index contributed by atoms with van der Waals surface area (Å²) in [5.74, 6) is 2.04. The van der Waals surface area contributed by atoms with Crippen molar-refractivity contribution in [2.24, 2.45) is 30.7 Å². The number of aromatic nitrogens is 2. The fraction of sp³-hybridized carbons (Fsp3) is 0.737. The second-order valence-corrected chi connectivity index (χ2v) is 8.31. The number of aryl methyl sites for hydroxylation is 1. The van der Waals surface area contributed by atoms with E-state index in [0.29, 0.717) is 24.3 Å². The molecule has 1 aromatic heterocycles. The smallest absolute Gasteiger partial charge is 0.325 e. The van der Waals surface area contributed by atoms with Gasteiger partial charge in [0.2, 0.25) is 5.91 Å². The Morgan fingerprint density at radius 2 is 2.00 bits per heavy atom. The Balaban J connectivity index is 1.21. The highest BCUT2D eigenvalue weighted by molar-refractivity contribution is 5.92. The van der Waals surface area contributed by atoms with Crippen LogP contribution in [0.25, 0.3) is 0 Å². The first-order chi connectivity index (χ1) is 12.5. The van der Waals surface area contributed by atoms with Crippen LogP contribution in [0.5, 0.6) is 0 Å². The quantitative estimate of drug-likeness (QED) is 0.843. The normalized spacial score (nSPS) is 28.5. The van der Waals surface area contributed by atoms with Gasteiger partial charge in [-0.2, -0.15) is 0 Å². The summed E-state index contributed by atoms with van der Waals surface area (Å²) >= 11 is 0. The van der Waals surface area contributed by atoms with Crippen LogP contribution in [0.15, 0.2) is 11.0 Å². The van der Waals surface area contributed by atoms with Crippen LogP contribution in [0.4, 0.5) is 0 Å². The number of likely N-dealkylation sites (tertiary alicyclic amines) is 1. The molecule has 2 amide bonds. The van der Waals surface area contributed by atoms with Crippen molar-refractivity contribution in [3.63, 3.8) is 0 Å². The van der Waals surface area contributed by atoms with E-state index in [1.165, 1.54) is 42.9 Å². The van der Waals surface area contributed by atoms with Crippen molar-refractivity contribution in [2.75, 3.05) is 19.6 Å². The molecule has 1 aliphatic heterocycles. The molecule has 0 radical (unpaired) electrons. The first-order valence-corrected chi connectivity index (χ1v) is 9.85. The summed E-state index contributed by atoms with van der Waals surface area (Å²) in [7, 11) is 1.60. The van der Waals surface area contributed by atoms with E-state index < -0.39 is 0 Å². The number of carbonyl (C=O) groups is 2. The molecule has 2 heterocycles. The number of fused-ring (bicyclic) bond motifs is 1. The van der Waals surface area contributed by atoms with Crippen molar-refractivity contribution in [2.45, 2.75) is 38.5 Å². The largest absolute Gasteiger partial charge is 0.350 e. The summed E-state index contributed by atoms with van der Waals surface area (Å²) in [6.07, 6.45) is 9.05. The molecule has 3 fully saturated rings. The molecule has 3 aliphatic rings. The highest BCUT2D eigenvalue weighted by atomic mass is 16.2. The molecule has 1 aromatic rings. The number of hydrogen-bond acceptors (Lipinski definition) is 3. The molecule has 7 heteroatoms. The van der Waals surface area contributed by atoms with E-state index >= 15 is 0 Å². The zero-order chi connectivity index (χ0) is 18.3. The molecule has 0 unspecified atom stereocenters. The molecule has 2 saturated carbocycles. The Morgan fingerprint density at radius 1 is 1.23 bits per heavy atom. The first kappa shape index (κ1) is 17.4. The van der Waals surface area contributed by atoms with Crippen LogP contribution in [0.2, 0.25) is 0 Å². The summed E-state index contributed by atoms with van der Waals surface area (Å²) < 4.78 is 1.35. The molecule has 142 valence electrons. The van der Waals surface area contributed by atoms with Crippen LogP contribution >= 0.6 is 0 Å². The Labute approximate surface area is 153 Å². The number of H-pyrrole nitrogens is 1. The van der Waals surface area contributed by atoms with Crippen LogP contribution in [-0.2, 0) is 11.8 Å². The third-order valence-electron chi connectivity index (χ3n) is 6.56. The number of hydrogen-bond donors (Lipinski definition) is 2. The van der Waals surface area contributed by atoms with Crippen LogP contribution in [0.3, 0.4) is 0 Å². The highest BCUT2D eigenvalue weighted by Crippen LogP contribution is 2.49. The lowest BCUT2D eigenvalue weighted by Crippen LogP contribution is -2.58. The standard InChI is InChI=1S/C19H28N4O3/c1-22-11-16(21-19(22)26)17(24)20-8-12-9-23(10-12)18(25)15-7-13-5-3-2-4-6-14(13)15/h11-15H,2-10H2,1H3,(H,20,24)(H,21,26)/t13-,14-,15+/m0/s1. The molecular weight excluding hydrogens is 332 g/mol. The number of amides is 2. The van der Waals surface area contributed by atoms with Gasteiger partial charge >= 0.3 is 5.69 Å². The van der Waals surface area contributed by atoms with Crippen LogP contribution in [0.1, 0.15) is 49.0 Å². The van der Waals surface area contributed by atoms with Gasteiger partial charge < -0.3 is 19.8 Å². The maximum Gasteiger partial charge on any atom is 0.325 e. The van der Waals surface area contributed by atoms with E-state index in [9.17, 15) is 14.4 Å². The molecule has 1 saturated heterocycles. The Bertz CT molecular complexity index is 746. The fourth-order valence-corrected chi connectivity index (χ4v) is 4.87. The Kier molecular flexibility index (Phi) is 4.63. The van der Waals surface area contributed by atoms with Crippen LogP contribution < -0.4 is 11.0 Å². The van der Waals surface area contributed by atoms with Crippen LogP contribution in [-0.4, -0.2) is 45.9 Å². The predicted molar refractivity (Wildman–Crippen MR) is 96.6 cm³/mol. The minimum atomic E-state index is -0.298. The van der Waals surface area contributed by atoms with E-state index in [2.05, 4.69) is 10.3 Å². The molecule has 2 aliphatic carbocycles. The average Bonchev–Trinajstić information content (AvgIpc) is 2.78. The van der Waals surface area contributed by atoms with E-state index in [-0.39, 0.29) is 23.2 Å². The lowest BCUT2D eigenvalue weighted by atomic mass is 9.62. The number of nitrogens with zero attached hydrogens (tertiary/aromatic N) is 2. The van der Waals surface area contributed by atoms with Gasteiger partial charge in [0.05, 0.1) is 0 Å². The first-order valence-electron chi connectivity index (χ1n) is 9.85. The van der Waals surface area contributed by atoms with Gasteiger partial charge in [0.1, 0.15) is 5.69 Å². The molecule has 2 N–H and O–H groups in total. The van der Waals surface area contributed by atoms with Crippen molar-refractivity contribution in [3.05, 3.63) is 22.4 Å². The van der Waals surface area contributed by atoms with Gasteiger partial charge in [-0.25, -0.2) is 4.79 Å². The summed E-state index contributed by atoms with van der Waals surface area (Å²) in [6, 6.07) is 0. The molecule has 4 rings (SSSR count). The van der Waals surface area contributed by atoms with Crippen molar-refractivity contribution < 1.29 is 9.59 Å². The number of rotatable bonds is 4. The van der Waals surface area contributed by atoms with Crippen molar-refractivity contribution >= 4 is 11.8 Å². The summed E-state index contributed by atoms with van der Waals surface area (Å²) in [5.41, 5.74) is -0.0217. The topological polar surface area (TPSA) is 87.2 Å². The molecule has 0 spiro atoms. The molecule has 0 aromatic carbocycles. The van der Waals surface area contributed by atoms with Gasteiger partial charge in [0, 0.05) is 44.7 Å². The molecular formula is C19H28N4O3. The minimum absolute atomic E-state index is 0.253.